The van der Waals surface area contributed by atoms with Crippen molar-refractivity contribution in [3.8, 4) is 5.75 Å². The van der Waals surface area contributed by atoms with Crippen LogP contribution >= 0.6 is 0 Å². The lowest BCUT2D eigenvalue weighted by Crippen LogP contribution is -2.35. The fourth-order valence-corrected chi connectivity index (χ4v) is 3.41. The highest BCUT2D eigenvalue weighted by molar-refractivity contribution is 7.84. The van der Waals surface area contributed by atoms with E-state index in [2.05, 4.69) is 14.7 Å². The zero-order valence-corrected chi connectivity index (χ0v) is 15.4. The SMILES string of the molecule is C[C@@H](NS(=O)C(C)(C)C)c1cc(F)cc2c1O[C@@](C)(CN=[N+]=[N-])C2. The van der Waals surface area contributed by atoms with E-state index < -0.39 is 21.3 Å². The molecule has 1 unspecified atom stereocenters. The molecule has 0 spiro atoms. The largest absolute Gasteiger partial charge is 0.486 e. The summed E-state index contributed by atoms with van der Waals surface area (Å²) in [5.74, 6) is 0.216. The first-order valence-electron chi connectivity index (χ1n) is 7.76. The van der Waals surface area contributed by atoms with E-state index in [9.17, 15) is 8.60 Å². The highest BCUT2D eigenvalue weighted by Crippen LogP contribution is 2.41. The lowest BCUT2D eigenvalue weighted by Gasteiger charge is -2.25. The van der Waals surface area contributed by atoms with Crippen LogP contribution in [0.3, 0.4) is 0 Å². The summed E-state index contributed by atoms with van der Waals surface area (Å²) in [7, 11) is -1.29. The number of nitrogens with zero attached hydrogens (tertiary/aromatic N) is 3. The van der Waals surface area contributed by atoms with Crippen molar-refractivity contribution in [3.63, 3.8) is 0 Å². The Hall–Kier alpha value is -1.63. The molecule has 1 N–H and O–H groups in total. The zero-order chi connectivity index (χ0) is 18.1. The number of nitrogens with one attached hydrogen (secondary N) is 1. The Morgan fingerprint density at radius 1 is 1.54 bits per heavy atom. The number of hydrogen-bond acceptors (Lipinski definition) is 3. The Bertz CT molecular complexity index is 713. The van der Waals surface area contributed by atoms with Crippen LogP contribution in [0.1, 0.15) is 51.8 Å². The maximum absolute atomic E-state index is 14.0. The molecule has 132 valence electrons. The molecule has 1 aromatic carbocycles. The van der Waals surface area contributed by atoms with Gasteiger partial charge in [0.25, 0.3) is 0 Å². The monoisotopic (exact) mass is 354 g/mol. The molecule has 2 rings (SSSR count). The van der Waals surface area contributed by atoms with Crippen molar-refractivity contribution in [1.82, 2.24) is 4.72 Å². The molecule has 6 nitrogen and oxygen atoms in total. The van der Waals surface area contributed by atoms with Crippen LogP contribution in [0.25, 0.3) is 10.4 Å². The summed E-state index contributed by atoms with van der Waals surface area (Å²) in [5.41, 5.74) is 9.17. The standard InChI is InChI=1S/C16H23FN4O2S/c1-10(20-24(22)15(2,3)4)13-7-12(17)6-11-8-16(5,9-19-21-18)23-14(11)13/h6-7,10,20H,8-9H2,1-5H3/t10-,16-,24?/m1/s1. The third-order valence-corrected chi connectivity index (χ3v) is 5.53. The smallest absolute Gasteiger partial charge is 0.128 e. The van der Waals surface area contributed by atoms with Crippen molar-refractivity contribution >= 4 is 11.0 Å². The van der Waals surface area contributed by atoms with Gasteiger partial charge in [-0.3, -0.25) is 0 Å². The first-order valence-corrected chi connectivity index (χ1v) is 8.91. The van der Waals surface area contributed by atoms with E-state index in [0.717, 1.165) is 5.56 Å². The number of benzene rings is 1. The first-order chi connectivity index (χ1) is 11.1. The molecule has 0 bridgehead atoms. The minimum Gasteiger partial charge on any atom is -0.486 e. The molecule has 1 heterocycles. The quantitative estimate of drug-likeness (QED) is 0.493. The normalized spacial score (nSPS) is 22.2. The predicted octanol–water partition coefficient (Wildman–Crippen LogP) is 3.94. The Morgan fingerprint density at radius 2 is 2.21 bits per heavy atom. The topological polar surface area (TPSA) is 87.1 Å². The second-order valence-corrected chi connectivity index (χ2v) is 9.32. The highest BCUT2D eigenvalue weighted by Gasteiger charge is 2.37. The Kier molecular flexibility index (Phi) is 5.22. The van der Waals surface area contributed by atoms with Crippen LogP contribution in [-0.2, 0) is 17.4 Å². The van der Waals surface area contributed by atoms with E-state index in [4.69, 9.17) is 10.3 Å². The van der Waals surface area contributed by atoms with Gasteiger partial charge in [0.1, 0.15) is 17.2 Å². The van der Waals surface area contributed by atoms with E-state index in [1.165, 1.54) is 12.1 Å². The van der Waals surface area contributed by atoms with Crippen LogP contribution in [0.2, 0.25) is 0 Å². The minimum atomic E-state index is -1.29. The average Bonchev–Trinajstić information content (AvgIpc) is 2.79. The van der Waals surface area contributed by atoms with Crippen LogP contribution in [-0.4, -0.2) is 21.1 Å². The van der Waals surface area contributed by atoms with E-state index >= 15 is 0 Å². The molecule has 1 aromatic rings. The summed E-state index contributed by atoms with van der Waals surface area (Å²) >= 11 is 0. The molecule has 0 saturated carbocycles. The van der Waals surface area contributed by atoms with Crippen molar-refractivity contribution in [2.75, 3.05) is 6.54 Å². The van der Waals surface area contributed by atoms with Gasteiger partial charge in [-0.25, -0.2) is 13.3 Å². The molecule has 0 fully saturated rings. The van der Waals surface area contributed by atoms with Crippen molar-refractivity contribution in [2.24, 2.45) is 5.11 Å². The molecule has 0 saturated heterocycles. The van der Waals surface area contributed by atoms with Gasteiger partial charge >= 0.3 is 0 Å². The predicted molar refractivity (Wildman–Crippen MR) is 92.6 cm³/mol. The van der Waals surface area contributed by atoms with Crippen molar-refractivity contribution in [2.45, 2.75) is 57.4 Å². The molecule has 0 amide bonds. The summed E-state index contributed by atoms with van der Waals surface area (Å²) < 4.78 is 34.9. The fraction of sp³-hybridized carbons (Fsp3) is 0.625. The van der Waals surface area contributed by atoms with Crippen LogP contribution in [0.5, 0.6) is 5.75 Å². The Morgan fingerprint density at radius 3 is 2.79 bits per heavy atom. The molecule has 0 radical (unpaired) electrons. The van der Waals surface area contributed by atoms with Crippen molar-refractivity contribution < 1.29 is 13.3 Å². The van der Waals surface area contributed by atoms with Gasteiger partial charge in [-0.2, -0.15) is 0 Å². The van der Waals surface area contributed by atoms with Crippen LogP contribution in [0, 0.1) is 5.82 Å². The number of azide groups is 1. The van der Waals surface area contributed by atoms with E-state index in [1.807, 2.05) is 34.6 Å². The molecule has 0 aliphatic carbocycles. The number of hydrogen-bond donors (Lipinski definition) is 1. The van der Waals surface area contributed by atoms with Gasteiger partial charge < -0.3 is 4.74 Å². The van der Waals surface area contributed by atoms with Crippen LogP contribution < -0.4 is 9.46 Å². The van der Waals surface area contributed by atoms with Crippen LogP contribution in [0.4, 0.5) is 4.39 Å². The van der Waals surface area contributed by atoms with E-state index in [1.54, 1.807) is 0 Å². The number of fused-ring (bicyclic) bond motifs is 1. The number of halogens is 1. The maximum Gasteiger partial charge on any atom is 0.128 e. The summed E-state index contributed by atoms with van der Waals surface area (Å²) in [6.07, 6.45) is 0.460. The van der Waals surface area contributed by atoms with Crippen molar-refractivity contribution in [1.29, 1.82) is 0 Å². The fourth-order valence-electron chi connectivity index (χ4n) is 2.61. The Labute approximate surface area is 144 Å². The van der Waals surface area contributed by atoms with Gasteiger partial charge in [-0.15, -0.1) is 0 Å². The van der Waals surface area contributed by atoms with Gasteiger partial charge in [0.15, 0.2) is 0 Å². The molecule has 0 aromatic heterocycles. The van der Waals surface area contributed by atoms with Gasteiger partial charge in [0, 0.05) is 28.5 Å². The summed E-state index contributed by atoms with van der Waals surface area (Å²) in [6.45, 7) is 9.42. The number of ether oxygens (including phenoxy) is 1. The molecule has 8 heteroatoms. The van der Waals surface area contributed by atoms with Gasteiger partial charge in [-0.1, -0.05) is 5.11 Å². The maximum atomic E-state index is 14.0. The molecular weight excluding hydrogens is 331 g/mol. The van der Waals surface area contributed by atoms with Gasteiger partial charge in [0.2, 0.25) is 0 Å². The lowest BCUT2D eigenvalue weighted by molar-refractivity contribution is 0.124. The molecule has 24 heavy (non-hydrogen) atoms. The first kappa shape index (κ1) is 18.7. The summed E-state index contributed by atoms with van der Waals surface area (Å²) in [5, 5.41) is 3.58. The molecule has 3 atom stereocenters. The van der Waals surface area contributed by atoms with Crippen LogP contribution in [0.15, 0.2) is 17.2 Å². The molecule has 1 aliphatic heterocycles. The second kappa shape index (κ2) is 6.70. The summed E-state index contributed by atoms with van der Waals surface area (Å²) in [6, 6.07) is 2.49. The molecule has 1 aliphatic rings. The zero-order valence-electron chi connectivity index (χ0n) is 14.6. The third-order valence-electron chi connectivity index (χ3n) is 3.85. The van der Waals surface area contributed by atoms with E-state index in [-0.39, 0.29) is 18.4 Å². The van der Waals surface area contributed by atoms with Gasteiger partial charge in [-0.05, 0) is 52.3 Å². The summed E-state index contributed by atoms with van der Waals surface area (Å²) in [4.78, 5) is 2.77. The highest BCUT2D eigenvalue weighted by atomic mass is 32.2. The lowest BCUT2D eigenvalue weighted by atomic mass is 9.97. The number of rotatable bonds is 5. The van der Waals surface area contributed by atoms with Gasteiger partial charge in [0.05, 0.1) is 22.3 Å². The third kappa shape index (κ3) is 4.06. The van der Waals surface area contributed by atoms with Crippen molar-refractivity contribution in [3.05, 3.63) is 39.5 Å². The van der Waals surface area contributed by atoms with E-state index in [0.29, 0.717) is 17.7 Å². The molecular formula is C16H23FN4O2S. The second-order valence-electron chi connectivity index (χ2n) is 7.32. The Balaban J connectivity index is 2.31. The minimum absolute atomic E-state index is 0.162. The average molecular weight is 354 g/mol.